The number of benzene rings is 1. The van der Waals surface area contributed by atoms with E-state index in [2.05, 4.69) is 0 Å². The van der Waals surface area contributed by atoms with Crippen LogP contribution in [-0.2, 0) is 9.59 Å². The van der Waals surface area contributed by atoms with E-state index in [0.29, 0.717) is 11.3 Å². The van der Waals surface area contributed by atoms with Crippen molar-refractivity contribution in [3.8, 4) is 5.75 Å². The SMILES string of the molecule is COc1ccccc1C(=O)CC(=O)CC(C)=O. The Kier molecular flexibility index (Phi) is 4.57. The first-order chi connectivity index (χ1) is 8.04. The van der Waals surface area contributed by atoms with Gasteiger partial charge in [0.15, 0.2) is 5.78 Å². The van der Waals surface area contributed by atoms with E-state index in [-0.39, 0.29) is 30.2 Å². The molecule has 0 radical (unpaired) electrons. The lowest BCUT2D eigenvalue weighted by Gasteiger charge is -2.06. The van der Waals surface area contributed by atoms with Crippen molar-refractivity contribution in [1.29, 1.82) is 0 Å². The highest BCUT2D eigenvalue weighted by Gasteiger charge is 2.16. The first-order valence-electron chi connectivity index (χ1n) is 5.22. The van der Waals surface area contributed by atoms with Crippen LogP contribution >= 0.6 is 0 Å². The predicted molar refractivity (Wildman–Crippen MR) is 62.2 cm³/mol. The number of ketones is 3. The molecule has 0 saturated carbocycles. The third-order valence-corrected chi connectivity index (χ3v) is 2.21. The van der Waals surface area contributed by atoms with Gasteiger partial charge in [-0.05, 0) is 19.1 Å². The van der Waals surface area contributed by atoms with Crippen LogP contribution in [0.5, 0.6) is 5.75 Å². The van der Waals surface area contributed by atoms with Crippen LogP contribution in [-0.4, -0.2) is 24.5 Å². The molecule has 1 rings (SSSR count). The molecule has 0 aliphatic rings. The second kappa shape index (κ2) is 5.94. The summed E-state index contributed by atoms with van der Waals surface area (Å²) in [6.07, 6.45) is -0.457. The van der Waals surface area contributed by atoms with Crippen LogP contribution in [0, 0.1) is 0 Å². The van der Waals surface area contributed by atoms with Gasteiger partial charge < -0.3 is 4.74 Å². The molecule has 0 N–H and O–H groups in total. The summed E-state index contributed by atoms with van der Waals surface area (Å²) in [6, 6.07) is 6.70. The number of hydrogen-bond donors (Lipinski definition) is 0. The highest BCUT2D eigenvalue weighted by molar-refractivity contribution is 6.12. The van der Waals surface area contributed by atoms with Crippen molar-refractivity contribution in [3.05, 3.63) is 29.8 Å². The van der Waals surface area contributed by atoms with Crippen LogP contribution in [0.2, 0.25) is 0 Å². The van der Waals surface area contributed by atoms with Crippen LogP contribution in [0.25, 0.3) is 0 Å². The van der Waals surface area contributed by atoms with Gasteiger partial charge in [0, 0.05) is 0 Å². The van der Waals surface area contributed by atoms with Crippen molar-refractivity contribution >= 4 is 17.3 Å². The maximum absolute atomic E-state index is 11.8. The Morgan fingerprint density at radius 3 is 2.35 bits per heavy atom. The first kappa shape index (κ1) is 13.1. The lowest BCUT2D eigenvalue weighted by Crippen LogP contribution is -2.11. The fourth-order valence-corrected chi connectivity index (χ4v) is 1.49. The van der Waals surface area contributed by atoms with Crippen molar-refractivity contribution in [2.75, 3.05) is 7.11 Å². The van der Waals surface area contributed by atoms with Crippen molar-refractivity contribution in [2.45, 2.75) is 19.8 Å². The van der Waals surface area contributed by atoms with Crippen molar-refractivity contribution in [3.63, 3.8) is 0 Å². The van der Waals surface area contributed by atoms with Crippen molar-refractivity contribution in [2.24, 2.45) is 0 Å². The first-order valence-corrected chi connectivity index (χ1v) is 5.22. The van der Waals surface area contributed by atoms with E-state index in [1.165, 1.54) is 14.0 Å². The second-order valence-electron chi connectivity index (χ2n) is 3.72. The van der Waals surface area contributed by atoms with E-state index in [1.54, 1.807) is 24.3 Å². The molecule has 1 aromatic rings. The number of Topliss-reactive ketones (excluding diaryl/α,β-unsaturated/α-hetero) is 3. The molecule has 4 heteroatoms. The van der Waals surface area contributed by atoms with Gasteiger partial charge in [-0.25, -0.2) is 0 Å². The van der Waals surface area contributed by atoms with Crippen LogP contribution in [0.3, 0.4) is 0 Å². The summed E-state index contributed by atoms with van der Waals surface area (Å²) >= 11 is 0. The van der Waals surface area contributed by atoms with Crippen molar-refractivity contribution < 1.29 is 19.1 Å². The molecular weight excluding hydrogens is 220 g/mol. The zero-order valence-electron chi connectivity index (χ0n) is 9.86. The molecule has 4 nitrogen and oxygen atoms in total. The van der Waals surface area contributed by atoms with Crippen LogP contribution in [0.15, 0.2) is 24.3 Å². The Hall–Kier alpha value is -1.97. The van der Waals surface area contributed by atoms with Gasteiger partial charge in [-0.2, -0.15) is 0 Å². The molecule has 0 aliphatic carbocycles. The smallest absolute Gasteiger partial charge is 0.173 e. The Labute approximate surface area is 99.6 Å². The molecular formula is C13H14O4. The molecule has 0 spiro atoms. The summed E-state index contributed by atoms with van der Waals surface area (Å²) in [5.74, 6) is -0.488. The lowest BCUT2D eigenvalue weighted by atomic mass is 10.0. The average molecular weight is 234 g/mol. The molecule has 17 heavy (non-hydrogen) atoms. The van der Waals surface area contributed by atoms with E-state index in [1.807, 2.05) is 0 Å². The minimum atomic E-state index is -0.367. The van der Waals surface area contributed by atoms with E-state index in [9.17, 15) is 14.4 Å². The Morgan fingerprint density at radius 1 is 1.12 bits per heavy atom. The van der Waals surface area contributed by atoms with Crippen LogP contribution in [0.1, 0.15) is 30.1 Å². The summed E-state index contributed by atoms with van der Waals surface area (Å²) in [4.78, 5) is 33.9. The minimum absolute atomic E-state index is 0.194. The van der Waals surface area contributed by atoms with E-state index >= 15 is 0 Å². The van der Waals surface area contributed by atoms with Crippen molar-refractivity contribution in [1.82, 2.24) is 0 Å². The second-order valence-corrected chi connectivity index (χ2v) is 3.72. The lowest BCUT2D eigenvalue weighted by molar-refractivity contribution is -0.125. The summed E-state index contributed by atoms with van der Waals surface area (Å²) < 4.78 is 5.03. The summed E-state index contributed by atoms with van der Waals surface area (Å²) in [5, 5.41) is 0. The van der Waals surface area contributed by atoms with Gasteiger partial charge in [-0.1, -0.05) is 12.1 Å². The van der Waals surface area contributed by atoms with Gasteiger partial charge >= 0.3 is 0 Å². The number of para-hydroxylation sites is 1. The van der Waals surface area contributed by atoms with Crippen LogP contribution < -0.4 is 4.74 Å². The summed E-state index contributed by atoms with van der Waals surface area (Å²) in [6.45, 7) is 1.32. The Balaban J connectivity index is 2.76. The normalized spacial score (nSPS) is 9.76. The van der Waals surface area contributed by atoms with E-state index in [0.717, 1.165) is 0 Å². The van der Waals surface area contributed by atoms with Gasteiger partial charge in [0.2, 0.25) is 0 Å². The molecule has 0 unspecified atom stereocenters. The molecule has 0 heterocycles. The molecule has 0 saturated heterocycles. The number of rotatable bonds is 6. The largest absolute Gasteiger partial charge is 0.496 e. The molecule has 0 bridgehead atoms. The molecule has 0 amide bonds. The molecule has 0 aromatic heterocycles. The third-order valence-electron chi connectivity index (χ3n) is 2.21. The minimum Gasteiger partial charge on any atom is -0.496 e. The number of hydrogen-bond acceptors (Lipinski definition) is 4. The van der Waals surface area contributed by atoms with Gasteiger partial charge in [-0.15, -0.1) is 0 Å². The predicted octanol–water partition coefficient (Wildman–Crippen LogP) is 1.82. The van der Waals surface area contributed by atoms with Gasteiger partial charge in [-0.3, -0.25) is 14.4 Å². The summed E-state index contributed by atoms with van der Waals surface area (Å²) in [5.41, 5.74) is 0.368. The van der Waals surface area contributed by atoms with E-state index < -0.39 is 0 Å². The van der Waals surface area contributed by atoms with E-state index in [4.69, 9.17) is 4.74 Å². The molecule has 0 aliphatic heterocycles. The molecule has 90 valence electrons. The highest BCUT2D eigenvalue weighted by Crippen LogP contribution is 2.19. The quantitative estimate of drug-likeness (QED) is 0.556. The fraction of sp³-hybridized carbons (Fsp3) is 0.308. The monoisotopic (exact) mass is 234 g/mol. The zero-order valence-corrected chi connectivity index (χ0v) is 9.86. The standard InChI is InChI=1S/C13H14O4/c1-9(14)7-10(15)8-12(16)11-5-3-4-6-13(11)17-2/h3-6H,7-8H2,1-2H3. The third kappa shape index (κ3) is 3.83. The Bertz CT molecular complexity index is 448. The molecule has 0 atom stereocenters. The van der Waals surface area contributed by atoms with Gasteiger partial charge in [0.1, 0.15) is 17.3 Å². The molecule has 0 fully saturated rings. The molecule has 1 aromatic carbocycles. The number of methoxy groups -OCH3 is 1. The maximum atomic E-state index is 11.8. The average Bonchev–Trinajstić information content (AvgIpc) is 2.27. The number of carbonyl (C=O) groups is 3. The fourth-order valence-electron chi connectivity index (χ4n) is 1.49. The number of carbonyl (C=O) groups excluding carboxylic acids is 3. The maximum Gasteiger partial charge on any atom is 0.173 e. The topological polar surface area (TPSA) is 60.4 Å². The zero-order chi connectivity index (χ0) is 12.8. The summed E-state index contributed by atoms with van der Waals surface area (Å²) in [7, 11) is 1.46. The van der Waals surface area contributed by atoms with Gasteiger partial charge in [0.05, 0.1) is 25.5 Å². The highest BCUT2D eigenvalue weighted by atomic mass is 16.5. The van der Waals surface area contributed by atoms with Crippen LogP contribution in [0.4, 0.5) is 0 Å². The van der Waals surface area contributed by atoms with Gasteiger partial charge in [0.25, 0.3) is 0 Å². The Morgan fingerprint density at radius 2 is 1.76 bits per heavy atom. The number of ether oxygens (including phenoxy) is 1.